The average molecular weight is 176 g/mol. The van der Waals surface area contributed by atoms with Gasteiger partial charge in [0.2, 0.25) is 0 Å². The van der Waals surface area contributed by atoms with E-state index in [2.05, 4.69) is 0 Å². The predicted octanol–water partition coefficient (Wildman–Crippen LogP) is 1.51. The van der Waals surface area contributed by atoms with Crippen LogP contribution in [0.3, 0.4) is 0 Å². The molecule has 0 spiro atoms. The number of likely N-dealkylation sites (tertiary alicyclic amines) is 1. The summed E-state index contributed by atoms with van der Waals surface area (Å²) in [5.74, 6) is 0. The van der Waals surface area contributed by atoms with E-state index < -0.39 is 0 Å². The van der Waals surface area contributed by atoms with Gasteiger partial charge in [-0.05, 0) is 12.0 Å². The van der Waals surface area contributed by atoms with Gasteiger partial charge in [0.15, 0.2) is 0 Å². The molecule has 1 fully saturated rings. The first-order valence-electron chi connectivity index (χ1n) is 4.40. The number of amides is 2. The van der Waals surface area contributed by atoms with Crippen LogP contribution in [0.5, 0.6) is 0 Å². The molecule has 1 aromatic carbocycles. The minimum atomic E-state index is -0.319. The maximum absolute atomic E-state index is 10.9. The molecule has 0 radical (unpaired) electrons. The van der Waals surface area contributed by atoms with Crippen molar-refractivity contribution in [1.29, 1.82) is 0 Å². The van der Waals surface area contributed by atoms with Crippen LogP contribution in [0.4, 0.5) is 4.79 Å². The van der Waals surface area contributed by atoms with E-state index in [-0.39, 0.29) is 12.1 Å². The molecule has 1 aromatic rings. The molecule has 1 aliphatic rings. The smallest absolute Gasteiger partial charge is 0.315 e. The highest BCUT2D eigenvalue weighted by atomic mass is 16.2. The van der Waals surface area contributed by atoms with Crippen LogP contribution in [0, 0.1) is 0 Å². The molecule has 13 heavy (non-hydrogen) atoms. The zero-order chi connectivity index (χ0) is 9.26. The summed E-state index contributed by atoms with van der Waals surface area (Å²) in [7, 11) is 0. The normalized spacial score (nSPS) is 20.9. The summed E-state index contributed by atoms with van der Waals surface area (Å²) in [6, 6.07) is 9.87. The van der Waals surface area contributed by atoms with Crippen molar-refractivity contribution in [3.63, 3.8) is 0 Å². The summed E-state index contributed by atoms with van der Waals surface area (Å²) in [5, 5.41) is 0. The van der Waals surface area contributed by atoms with Crippen molar-refractivity contribution in [2.75, 3.05) is 6.54 Å². The SMILES string of the molecule is NC(=O)N1CCC1c1ccccc1. The number of carbonyl (C=O) groups excluding carboxylic acids is 1. The lowest BCUT2D eigenvalue weighted by molar-refractivity contribution is 0.123. The van der Waals surface area contributed by atoms with Crippen molar-refractivity contribution in [2.24, 2.45) is 5.73 Å². The predicted molar refractivity (Wildman–Crippen MR) is 50.1 cm³/mol. The highest BCUT2D eigenvalue weighted by Crippen LogP contribution is 2.32. The minimum absolute atomic E-state index is 0.207. The van der Waals surface area contributed by atoms with E-state index in [0.717, 1.165) is 13.0 Å². The van der Waals surface area contributed by atoms with Gasteiger partial charge in [0, 0.05) is 6.54 Å². The number of primary amides is 1. The number of nitrogens with two attached hydrogens (primary N) is 1. The lowest BCUT2D eigenvalue weighted by Crippen LogP contribution is -2.47. The van der Waals surface area contributed by atoms with Gasteiger partial charge in [-0.3, -0.25) is 0 Å². The van der Waals surface area contributed by atoms with E-state index in [4.69, 9.17) is 5.73 Å². The van der Waals surface area contributed by atoms with Crippen LogP contribution >= 0.6 is 0 Å². The van der Waals surface area contributed by atoms with E-state index in [1.165, 1.54) is 5.56 Å². The van der Waals surface area contributed by atoms with Gasteiger partial charge in [-0.15, -0.1) is 0 Å². The second-order valence-corrected chi connectivity index (χ2v) is 3.25. The Morgan fingerprint density at radius 1 is 1.38 bits per heavy atom. The summed E-state index contributed by atoms with van der Waals surface area (Å²) in [5.41, 5.74) is 6.39. The third-order valence-corrected chi connectivity index (χ3v) is 2.49. The number of hydrogen-bond donors (Lipinski definition) is 1. The Morgan fingerprint density at radius 2 is 2.08 bits per heavy atom. The standard InChI is InChI=1S/C10H12N2O/c11-10(13)12-7-6-9(12)8-4-2-1-3-5-8/h1-5,9H,6-7H2,(H2,11,13). The third kappa shape index (κ3) is 1.37. The van der Waals surface area contributed by atoms with Gasteiger partial charge in [-0.25, -0.2) is 4.79 Å². The monoisotopic (exact) mass is 176 g/mol. The van der Waals surface area contributed by atoms with Crippen LogP contribution in [0.15, 0.2) is 30.3 Å². The van der Waals surface area contributed by atoms with Crippen LogP contribution in [0.2, 0.25) is 0 Å². The highest BCUT2D eigenvalue weighted by molar-refractivity contribution is 5.73. The zero-order valence-electron chi connectivity index (χ0n) is 7.31. The van der Waals surface area contributed by atoms with E-state index in [9.17, 15) is 4.79 Å². The van der Waals surface area contributed by atoms with E-state index >= 15 is 0 Å². The molecule has 1 heterocycles. The molecule has 0 aromatic heterocycles. The number of nitrogens with zero attached hydrogens (tertiary/aromatic N) is 1. The Balaban J connectivity index is 2.15. The first-order chi connectivity index (χ1) is 6.29. The van der Waals surface area contributed by atoms with Gasteiger partial charge < -0.3 is 10.6 Å². The molecule has 2 rings (SSSR count). The molecule has 2 N–H and O–H groups in total. The van der Waals surface area contributed by atoms with Crippen molar-refractivity contribution >= 4 is 6.03 Å². The number of urea groups is 1. The summed E-state index contributed by atoms with van der Waals surface area (Å²) in [4.78, 5) is 12.6. The molecule has 0 bridgehead atoms. The van der Waals surface area contributed by atoms with Crippen LogP contribution in [0.25, 0.3) is 0 Å². The topological polar surface area (TPSA) is 46.3 Å². The average Bonchev–Trinajstić information content (AvgIpc) is 2.02. The van der Waals surface area contributed by atoms with Crippen molar-refractivity contribution in [2.45, 2.75) is 12.5 Å². The second-order valence-electron chi connectivity index (χ2n) is 3.25. The molecule has 0 saturated carbocycles. The first-order valence-corrected chi connectivity index (χ1v) is 4.40. The Labute approximate surface area is 77.1 Å². The van der Waals surface area contributed by atoms with Crippen molar-refractivity contribution in [3.8, 4) is 0 Å². The van der Waals surface area contributed by atoms with E-state index in [0.29, 0.717) is 0 Å². The molecular weight excluding hydrogens is 164 g/mol. The number of hydrogen-bond acceptors (Lipinski definition) is 1. The lowest BCUT2D eigenvalue weighted by atomic mass is 9.95. The van der Waals surface area contributed by atoms with Crippen molar-refractivity contribution in [1.82, 2.24) is 4.90 Å². The zero-order valence-corrected chi connectivity index (χ0v) is 7.31. The Hall–Kier alpha value is -1.51. The summed E-state index contributed by atoms with van der Waals surface area (Å²) < 4.78 is 0. The maximum atomic E-state index is 10.9. The highest BCUT2D eigenvalue weighted by Gasteiger charge is 2.31. The summed E-state index contributed by atoms with van der Waals surface area (Å²) in [6.45, 7) is 0.787. The third-order valence-electron chi connectivity index (χ3n) is 2.49. The van der Waals surface area contributed by atoms with Gasteiger partial charge >= 0.3 is 6.03 Å². The number of benzene rings is 1. The molecule has 68 valence electrons. The van der Waals surface area contributed by atoms with Gasteiger partial charge in [0.05, 0.1) is 6.04 Å². The second kappa shape index (κ2) is 3.09. The van der Waals surface area contributed by atoms with E-state index in [1.807, 2.05) is 30.3 Å². The summed E-state index contributed by atoms with van der Waals surface area (Å²) in [6.07, 6.45) is 1.02. The fourth-order valence-corrected chi connectivity index (χ4v) is 1.67. The Morgan fingerprint density at radius 3 is 2.54 bits per heavy atom. The number of carbonyl (C=O) groups is 1. The molecule has 3 nitrogen and oxygen atoms in total. The van der Waals surface area contributed by atoms with Gasteiger partial charge in [0.1, 0.15) is 0 Å². The quantitative estimate of drug-likeness (QED) is 0.692. The summed E-state index contributed by atoms with van der Waals surface area (Å²) >= 11 is 0. The fourth-order valence-electron chi connectivity index (χ4n) is 1.67. The molecular formula is C10H12N2O. The van der Waals surface area contributed by atoms with Gasteiger partial charge in [0.25, 0.3) is 0 Å². The molecule has 0 aliphatic carbocycles. The number of rotatable bonds is 1. The molecule has 1 saturated heterocycles. The van der Waals surface area contributed by atoms with Crippen LogP contribution in [0.1, 0.15) is 18.0 Å². The Kier molecular flexibility index (Phi) is 1.93. The molecule has 3 heteroatoms. The van der Waals surface area contributed by atoms with Crippen LogP contribution in [-0.4, -0.2) is 17.5 Å². The maximum Gasteiger partial charge on any atom is 0.315 e. The van der Waals surface area contributed by atoms with Crippen molar-refractivity contribution < 1.29 is 4.79 Å². The molecule has 1 aliphatic heterocycles. The Bertz CT molecular complexity index is 310. The fraction of sp³-hybridized carbons (Fsp3) is 0.300. The minimum Gasteiger partial charge on any atom is -0.351 e. The van der Waals surface area contributed by atoms with Gasteiger partial charge in [-0.1, -0.05) is 30.3 Å². The molecule has 1 unspecified atom stereocenters. The first kappa shape index (κ1) is 8.10. The van der Waals surface area contributed by atoms with Crippen molar-refractivity contribution in [3.05, 3.63) is 35.9 Å². The molecule has 1 atom stereocenters. The largest absolute Gasteiger partial charge is 0.351 e. The van der Waals surface area contributed by atoms with Crippen LogP contribution < -0.4 is 5.73 Å². The molecule has 2 amide bonds. The lowest BCUT2D eigenvalue weighted by Gasteiger charge is -2.39. The van der Waals surface area contributed by atoms with E-state index in [1.54, 1.807) is 4.90 Å². The van der Waals surface area contributed by atoms with Crippen LogP contribution in [-0.2, 0) is 0 Å². The van der Waals surface area contributed by atoms with Gasteiger partial charge in [-0.2, -0.15) is 0 Å².